The molecule has 0 radical (unpaired) electrons. The highest BCUT2D eigenvalue weighted by Crippen LogP contribution is 2.35. The molecule has 0 aliphatic heterocycles. The monoisotopic (exact) mass is 206 g/mol. The first kappa shape index (κ1) is 11.1. The van der Waals surface area contributed by atoms with E-state index in [1.54, 1.807) is 14.0 Å². The summed E-state index contributed by atoms with van der Waals surface area (Å²) < 4.78 is 37.0. The first-order chi connectivity index (χ1) is 6.27. The molecular weight excluding hydrogens is 193 g/mol. The quantitative estimate of drug-likeness (QED) is 0.685. The zero-order valence-electron chi connectivity index (χ0n) is 8.07. The molecule has 80 valence electrons. The minimum Gasteiger partial charge on any atom is -0.390 e. The third-order valence-corrected chi connectivity index (χ3v) is 2.26. The molecule has 0 fully saturated rings. The molecule has 0 aromatic rings. The van der Waals surface area contributed by atoms with E-state index in [-0.39, 0.29) is 6.42 Å². The molecule has 0 aromatic carbocycles. The van der Waals surface area contributed by atoms with E-state index in [0.29, 0.717) is 5.70 Å². The van der Waals surface area contributed by atoms with Crippen LogP contribution < -0.4 is 11.1 Å². The van der Waals surface area contributed by atoms with E-state index in [1.165, 1.54) is 6.08 Å². The summed E-state index contributed by atoms with van der Waals surface area (Å²) in [4.78, 5) is 0. The highest BCUT2D eigenvalue weighted by atomic mass is 19.4. The Morgan fingerprint density at radius 3 is 2.36 bits per heavy atom. The summed E-state index contributed by atoms with van der Waals surface area (Å²) in [7, 11) is 1.64. The van der Waals surface area contributed by atoms with E-state index in [1.807, 2.05) is 0 Å². The Hall–Kier alpha value is -0.970. The predicted octanol–water partition coefficient (Wildman–Crippen LogP) is 1.70. The van der Waals surface area contributed by atoms with Crippen LogP contribution in [0.1, 0.15) is 13.3 Å². The van der Waals surface area contributed by atoms with Gasteiger partial charge in [0.15, 0.2) is 0 Å². The van der Waals surface area contributed by atoms with E-state index in [0.717, 1.165) is 6.08 Å². The van der Waals surface area contributed by atoms with E-state index < -0.39 is 17.3 Å². The Morgan fingerprint density at radius 2 is 2.00 bits per heavy atom. The lowest BCUT2D eigenvalue weighted by atomic mass is 9.86. The summed E-state index contributed by atoms with van der Waals surface area (Å²) in [6, 6.07) is 0. The number of allylic oxidation sites excluding steroid dienone is 2. The molecule has 0 heterocycles. The Bertz CT molecular complexity index is 287. The smallest absolute Gasteiger partial charge is 0.390 e. The molecule has 0 spiro atoms. The zero-order chi connectivity index (χ0) is 11.0. The van der Waals surface area contributed by atoms with Gasteiger partial charge in [-0.1, -0.05) is 6.08 Å². The Balaban J connectivity index is 2.99. The number of nitrogens with one attached hydrogen (secondary N) is 1. The van der Waals surface area contributed by atoms with Crippen LogP contribution in [0.4, 0.5) is 13.2 Å². The van der Waals surface area contributed by atoms with Gasteiger partial charge in [-0.25, -0.2) is 0 Å². The van der Waals surface area contributed by atoms with E-state index in [4.69, 9.17) is 5.73 Å². The van der Waals surface area contributed by atoms with Crippen LogP contribution in [0, 0.1) is 0 Å². The number of halogens is 3. The second kappa shape index (κ2) is 3.31. The van der Waals surface area contributed by atoms with E-state index in [2.05, 4.69) is 5.32 Å². The first-order valence-corrected chi connectivity index (χ1v) is 4.22. The highest BCUT2D eigenvalue weighted by molar-refractivity contribution is 5.34. The van der Waals surface area contributed by atoms with Crippen LogP contribution in [0.3, 0.4) is 0 Å². The van der Waals surface area contributed by atoms with Crippen molar-refractivity contribution in [2.45, 2.75) is 25.1 Å². The van der Waals surface area contributed by atoms with E-state index >= 15 is 0 Å². The van der Waals surface area contributed by atoms with Crippen molar-refractivity contribution in [3.8, 4) is 0 Å². The Kier molecular flexibility index (Phi) is 2.63. The van der Waals surface area contributed by atoms with Crippen molar-refractivity contribution in [3.05, 3.63) is 23.4 Å². The molecule has 0 saturated carbocycles. The van der Waals surface area contributed by atoms with Gasteiger partial charge in [0.2, 0.25) is 0 Å². The summed E-state index contributed by atoms with van der Waals surface area (Å²) in [5.74, 6) is 0. The molecule has 5 heteroatoms. The van der Waals surface area contributed by atoms with Crippen LogP contribution in [0.2, 0.25) is 0 Å². The molecule has 3 N–H and O–H groups in total. The summed E-state index contributed by atoms with van der Waals surface area (Å²) >= 11 is 0. The maximum Gasteiger partial charge on any atom is 0.412 e. The van der Waals surface area contributed by atoms with Gasteiger partial charge in [-0.3, -0.25) is 0 Å². The van der Waals surface area contributed by atoms with Gasteiger partial charge in [-0.05, 0) is 13.0 Å². The second-order valence-corrected chi connectivity index (χ2v) is 3.61. The summed E-state index contributed by atoms with van der Waals surface area (Å²) in [6.07, 6.45) is -2.02. The molecule has 2 nitrogen and oxygen atoms in total. The number of hydrogen-bond donors (Lipinski definition) is 2. The lowest BCUT2D eigenvalue weighted by molar-refractivity contribution is -0.0955. The van der Waals surface area contributed by atoms with Crippen molar-refractivity contribution in [3.63, 3.8) is 0 Å². The predicted molar refractivity (Wildman–Crippen MR) is 48.5 cm³/mol. The molecule has 0 amide bonds. The number of likely N-dealkylation sites (N-methyl/N-ethyl adjacent to an activating group) is 1. The maximum absolute atomic E-state index is 12.3. The third kappa shape index (κ3) is 2.09. The molecule has 0 aromatic heterocycles. The molecular formula is C9H13F3N2. The molecule has 14 heavy (non-hydrogen) atoms. The zero-order valence-corrected chi connectivity index (χ0v) is 8.07. The van der Waals surface area contributed by atoms with Gasteiger partial charge in [0, 0.05) is 24.7 Å². The summed E-state index contributed by atoms with van der Waals surface area (Å²) in [6.45, 7) is 1.58. The summed E-state index contributed by atoms with van der Waals surface area (Å²) in [5.41, 5.74) is 4.82. The van der Waals surface area contributed by atoms with Crippen LogP contribution in [0.5, 0.6) is 0 Å². The topological polar surface area (TPSA) is 38.0 Å². The van der Waals surface area contributed by atoms with Crippen LogP contribution >= 0.6 is 0 Å². The number of hydrogen-bond acceptors (Lipinski definition) is 2. The van der Waals surface area contributed by atoms with Crippen molar-refractivity contribution in [2.75, 3.05) is 7.05 Å². The third-order valence-electron chi connectivity index (χ3n) is 2.26. The molecule has 1 aliphatic carbocycles. The molecule has 1 aliphatic rings. The molecule has 0 saturated heterocycles. The highest BCUT2D eigenvalue weighted by Gasteiger charge is 2.39. The second-order valence-electron chi connectivity index (χ2n) is 3.61. The van der Waals surface area contributed by atoms with Gasteiger partial charge >= 0.3 is 6.18 Å². The van der Waals surface area contributed by atoms with Crippen LogP contribution in [0.15, 0.2) is 23.4 Å². The number of alkyl halides is 3. The molecule has 1 unspecified atom stereocenters. The fourth-order valence-electron chi connectivity index (χ4n) is 1.49. The van der Waals surface area contributed by atoms with Crippen LogP contribution in [-0.2, 0) is 0 Å². The number of nitrogens with two attached hydrogens (primary N) is 1. The standard InChI is InChI=1S/C9H13F3N2/c1-8(13)5-6(9(10,11)12)3-4-7(8)14-2/h3-4,14H,5,13H2,1-2H3. The van der Waals surface area contributed by atoms with Gasteiger partial charge < -0.3 is 11.1 Å². The molecule has 1 atom stereocenters. The average molecular weight is 206 g/mol. The fourth-order valence-corrected chi connectivity index (χ4v) is 1.49. The summed E-state index contributed by atoms with van der Waals surface area (Å²) in [5, 5.41) is 2.79. The molecule has 1 rings (SSSR count). The van der Waals surface area contributed by atoms with Crippen molar-refractivity contribution < 1.29 is 13.2 Å². The minimum absolute atomic E-state index is 0.191. The lowest BCUT2D eigenvalue weighted by Crippen LogP contribution is -2.45. The Labute approximate surface area is 80.7 Å². The lowest BCUT2D eigenvalue weighted by Gasteiger charge is -2.32. The minimum atomic E-state index is -4.28. The SMILES string of the molecule is CNC1=CC=C(C(F)(F)F)CC1(C)N. The normalized spacial score (nSPS) is 28.1. The van der Waals surface area contributed by atoms with Gasteiger partial charge in [-0.15, -0.1) is 0 Å². The van der Waals surface area contributed by atoms with Crippen molar-refractivity contribution >= 4 is 0 Å². The van der Waals surface area contributed by atoms with Gasteiger partial charge in [0.25, 0.3) is 0 Å². The van der Waals surface area contributed by atoms with Crippen molar-refractivity contribution in [1.82, 2.24) is 5.32 Å². The van der Waals surface area contributed by atoms with Crippen LogP contribution in [-0.4, -0.2) is 18.8 Å². The van der Waals surface area contributed by atoms with Crippen molar-refractivity contribution in [1.29, 1.82) is 0 Å². The van der Waals surface area contributed by atoms with Gasteiger partial charge in [0.1, 0.15) is 0 Å². The van der Waals surface area contributed by atoms with Gasteiger partial charge in [0.05, 0.1) is 5.54 Å². The van der Waals surface area contributed by atoms with Crippen LogP contribution in [0.25, 0.3) is 0 Å². The Morgan fingerprint density at radius 1 is 1.43 bits per heavy atom. The van der Waals surface area contributed by atoms with Gasteiger partial charge in [-0.2, -0.15) is 13.2 Å². The first-order valence-electron chi connectivity index (χ1n) is 4.22. The maximum atomic E-state index is 12.3. The largest absolute Gasteiger partial charge is 0.412 e. The molecule has 0 bridgehead atoms. The van der Waals surface area contributed by atoms with E-state index in [9.17, 15) is 13.2 Å². The number of rotatable bonds is 1. The average Bonchev–Trinajstić information content (AvgIpc) is 2.00. The van der Waals surface area contributed by atoms with Crippen molar-refractivity contribution in [2.24, 2.45) is 5.73 Å². The fraction of sp³-hybridized carbons (Fsp3) is 0.556.